The molecular weight excluding hydrogens is 386 g/mol. The van der Waals surface area contributed by atoms with Crippen LogP contribution < -0.4 is 4.74 Å². The lowest BCUT2D eigenvalue weighted by molar-refractivity contribution is -0.149. The highest BCUT2D eigenvalue weighted by Gasteiger charge is 2.34. The Morgan fingerprint density at radius 3 is 2.57 bits per heavy atom. The zero-order chi connectivity index (χ0) is 17.0. The number of methoxy groups -OCH3 is 1. The van der Waals surface area contributed by atoms with Gasteiger partial charge in [0.1, 0.15) is 10.6 Å². The maximum atomic E-state index is 12.8. The first kappa shape index (κ1) is 18.2. The Morgan fingerprint density at radius 2 is 2.00 bits per heavy atom. The monoisotopic (exact) mass is 405 g/mol. The Morgan fingerprint density at radius 1 is 1.35 bits per heavy atom. The third-order valence-corrected chi connectivity index (χ3v) is 6.25. The number of sulfonamides is 1. The molecule has 0 spiro atoms. The van der Waals surface area contributed by atoms with Crippen molar-refractivity contribution in [1.82, 2.24) is 4.31 Å². The number of nitrogens with zero attached hydrogens (tertiary/aromatic N) is 1. The molecule has 1 aliphatic heterocycles. The minimum absolute atomic E-state index is 0.137. The molecule has 0 aromatic heterocycles. The molecule has 2 rings (SSSR count). The number of hydrogen-bond acceptors (Lipinski definition) is 5. The number of esters is 1. The van der Waals surface area contributed by atoms with E-state index < -0.39 is 10.0 Å². The van der Waals surface area contributed by atoms with E-state index in [1.54, 1.807) is 19.1 Å². The van der Waals surface area contributed by atoms with E-state index in [-0.39, 0.29) is 16.8 Å². The van der Waals surface area contributed by atoms with Crippen molar-refractivity contribution in [1.29, 1.82) is 0 Å². The summed E-state index contributed by atoms with van der Waals surface area (Å²) in [6.45, 7) is 2.70. The average Bonchev–Trinajstić information content (AvgIpc) is 2.54. The van der Waals surface area contributed by atoms with Gasteiger partial charge in [0.05, 0.1) is 19.6 Å². The van der Waals surface area contributed by atoms with Crippen LogP contribution in [0.15, 0.2) is 27.6 Å². The van der Waals surface area contributed by atoms with Gasteiger partial charge in [-0.3, -0.25) is 4.79 Å². The van der Waals surface area contributed by atoms with Crippen LogP contribution in [0.1, 0.15) is 19.8 Å². The molecule has 0 amide bonds. The summed E-state index contributed by atoms with van der Waals surface area (Å²) in [4.78, 5) is 11.9. The van der Waals surface area contributed by atoms with E-state index in [1.807, 2.05) is 0 Å². The van der Waals surface area contributed by atoms with Crippen LogP contribution in [-0.4, -0.2) is 45.5 Å². The summed E-state index contributed by atoms with van der Waals surface area (Å²) in [5, 5.41) is 0. The van der Waals surface area contributed by atoms with Crippen molar-refractivity contribution < 1.29 is 22.7 Å². The van der Waals surface area contributed by atoms with E-state index in [9.17, 15) is 13.2 Å². The third kappa shape index (κ3) is 4.05. The van der Waals surface area contributed by atoms with Crippen molar-refractivity contribution in [2.75, 3.05) is 26.8 Å². The lowest BCUT2D eigenvalue weighted by Gasteiger charge is -2.30. The molecule has 0 saturated carbocycles. The molecule has 1 heterocycles. The SMILES string of the molecule is CCOC(=O)C1CCN(S(=O)(=O)c2ccc(Br)cc2OC)CC1. The Kier molecular flexibility index (Phi) is 6.05. The first-order valence-corrected chi connectivity index (χ1v) is 9.63. The molecule has 0 N–H and O–H groups in total. The van der Waals surface area contributed by atoms with Crippen LogP contribution in [0.5, 0.6) is 5.75 Å². The zero-order valence-electron chi connectivity index (χ0n) is 13.1. The molecule has 1 fully saturated rings. The molecule has 0 radical (unpaired) electrons. The van der Waals surface area contributed by atoms with E-state index >= 15 is 0 Å². The number of halogens is 1. The van der Waals surface area contributed by atoms with Crippen LogP contribution >= 0.6 is 15.9 Å². The standard InChI is InChI=1S/C15H20BrNO5S/c1-3-22-15(18)11-6-8-17(9-7-11)23(19,20)14-5-4-12(16)10-13(14)21-2/h4-5,10-11H,3,6-9H2,1-2H3. The van der Waals surface area contributed by atoms with Gasteiger partial charge in [0.15, 0.2) is 0 Å². The van der Waals surface area contributed by atoms with Crippen molar-refractivity contribution in [3.05, 3.63) is 22.7 Å². The summed E-state index contributed by atoms with van der Waals surface area (Å²) in [7, 11) is -2.21. The second-order valence-electron chi connectivity index (χ2n) is 5.23. The fourth-order valence-corrected chi connectivity index (χ4v) is 4.53. The van der Waals surface area contributed by atoms with Gasteiger partial charge < -0.3 is 9.47 Å². The van der Waals surface area contributed by atoms with E-state index in [2.05, 4.69) is 15.9 Å². The summed E-state index contributed by atoms with van der Waals surface area (Å²) in [6, 6.07) is 4.81. The summed E-state index contributed by atoms with van der Waals surface area (Å²) in [5.41, 5.74) is 0. The first-order chi connectivity index (χ1) is 10.9. The lowest BCUT2D eigenvalue weighted by atomic mass is 9.98. The van der Waals surface area contributed by atoms with Gasteiger partial charge >= 0.3 is 5.97 Å². The number of hydrogen-bond donors (Lipinski definition) is 0. The smallest absolute Gasteiger partial charge is 0.309 e. The molecule has 1 aromatic rings. The second kappa shape index (κ2) is 7.63. The fourth-order valence-electron chi connectivity index (χ4n) is 2.59. The molecule has 8 heteroatoms. The van der Waals surface area contributed by atoms with E-state index in [4.69, 9.17) is 9.47 Å². The van der Waals surface area contributed by atoms with Crippen molar-refractivity contribution in [3.63, 3.8) is 0 Å². The molecule has 1 saturated heterocycles. The average molecular weight is 406 g/mol. The maximum Gasteiger partial charge on any atom is 0.309 e. The molecule has 0 bridgehead atoms. The highest BCUT2D eigenvalue weighted by Crippen LogP contribution is 2.32. The number of benzene rings is 1. The Balaban J connectivity index is 2.15. The first-order valence-electron chi connectivity index (χ1n) is 7.40. The predicted octanol–water partition coefficient (Wildman–Crippen LogP) is 2.42. The molecule has 23 heavy (non-hydrogen) atoms. The quantitative estimate of drug-likeness (QED) is 0.703. The van der Waals surface area contributed by atoms with Gasteiger partial charge in [0.25, 0.3) is 0 Å². The topological polar surface area (TPSA) is 72.9 Å². The van der Waals surface area contributed by atoms with Gasteiger partial charge in [-0.25, -0.2) is 8.42 Å². The van der Waals surface area contributed by atoms with Crippen molar-refractivity contribution in [2.24, 2.45) is 5.92 Å². The van der Waals surface area contributed by atoms with E-state index in [1.165, 1.54) is 17.5 Å². The molecule has 6 nitrogen and oxygen atoms in total. The van der Waals surface area contributed by atoms with Crippen molar-refractivity contribution in [2.45, 2.75) is 24.7 Å². The second-order valence-corrected chi connectivity index (χ2v) is 8.05. The van der Waals surface area contributed by atoms with Gasteiger partial charge in [-0.05, 0) is 38.0 Å². The molecule has 0 unspecified atom stereocenters. The van der Waals surface area contributed by atoms with Crippen LogP contribution in [0.25, 0.3) is 0 Å². The van der Waals surface area contributed by atoms with Crippen LogP contribution in [0.3, 0.4) is 0 Å². The maximum absolute atomic E-state index is 12.8. The lowest BCUT2D eigenvalue weighted by Crippen LogP contribution is -2.40. The van der Waals surface area contributed by atoms with Crippen LogP contribution in [0.4, 0.5) is 0 Å². The number of ether oxygens (including phenoxy) is 2. The van der Waals surface area contributed by atoms with Gasteiger partial charge in [-0.1, -0.05) is 15.9 Å². The number of carbonyl (C=O) groups excluding carboxylic acids is 1. The highest BCUT2D eigenvalue weighted by molar-refractivity contribution is 9.10. The summed E-state index contributed by atoms with van der Waals surface area (Å²) < 4.78 is 37.9. The minimum Gasteiger partial charge on any atom is -0.495 e. The molecule has 0 atom stereocenters. The zero-order valence-corrected chi connectivity index (χ0v) is 15.5. The van der Waals surface area contributed by atoms with E-state index in [0.717, 1.165) is 4.47 Å². The largest absolute Gasteiger partial charge is 0.495 e. The van der Waals surface area contributed by atoms with Gasteiger partial charge in [-0.2, -0.15) is 4.31 Å². The minimum atomic E-state index is -3.65. The summed E-state index contributed by atoms with van der Waals surface area (Å²) in [6.07, 6.45) is 0.938. The van der Waals surface area contributed by atoms with Crippen molar-refractivity contribution in [3.8, 4) is 5.75 Å². The third-order valence-electron chi connectivity index (χ3n) is 3.82. The number of piperidine rings is 1. The fraction of sp³-hybridized carbons (Fsp3) is 0.533. The van der Waals surface area contributed by atoms with Crippen molar-refractivity contribution >= 4 is 31.9 Å². The molecule has 1 aliphatic rings. The summed E-state index contributed by atoms with van der Waals surface area (Å²) >= 11 is 3.30. The molecular formula is C15H20BrNO5S. The molecule has 1 aromatic carbocycles. The van der Waals surface area contributed by atoms with Crippen LogP contribution in [-0.2, 0) is 19.6 Å². The number of carbonyl (C=O) groups is 1. The summed E-state index contributed by atoms with van der Waals surface area (Å²) in [5.74, 6) is -0.175. The predicted molar refractivity (Wildman–Crippen MR) is 88.8 cm³/mol. The highest BCUT2D eigenvalue weighted by atomic mass is 79.9. The Labute approximate surface area is 144 Å². The van der Waals surface area contributed by atoms with Gasteiger partial charge in [-0.15, -0.1) is 0 Å². The molecule has 0 aliphatic carbocycles. The van der Waals surface area contributed by atoms with Crippen LogP contribution in [0, 0.1) is 5.92 Å². The molecule has 128 valence electrons. The number of rotatable bonds is 5. The van der Waals surface area contributed by atoms with Crippen LogP contribution in [0.2, 0.25) is 0 Å². The van der Waals surface area contributed by atoms with E-state index in [0.29, 0.717) is 38.3 Å². The Bertz CT molecular complexity index is 668. The Hall–Kier alpha value is -1.12. The normalized spacial score (nSPS) is 17.0. The van der Waals surface area contributed by atoms with Gasteiger partial charge in [0.2, 0.25) is 10.0 Å². The van der Waals surface area contributed by atoms with Gasteiger partial charge in [0, 0.05) is 17.6 Å².